The van der Waals surface area contributed by atoms with Gasteiger partial charge in [-0.3, -0.25) is 4.79 Å². The molecule has 0 radical (unpaired) electrons. The second-order valence-electron chi connectivity index (χ2n) is 2.99. The zero-order valence-electron chi connectivity index (χ0n) is 8.47. The Morgan fingerprint density at radius 3 is 2.60 bits per heavy atom. The van der Waals surface area contributed by atoms with Crippen LogP contribution in [0.1, 0.15) is 6.42 Å². The number of aliphatic hydroxyl groups excluding tert-OH is 1. The lowest BCUT2D eigenvalue weighted by molar-refractivity contribution is -0.146. The van der Waals surface area contributed by atoms with E-state index < -0.39 is 24.0 Å². The third kappa shape index (κ3) is 6.32. The number of carboxylic acids is 1. The van der Waals surface area contributed by atoms with E-state index in [1.807, 2.05) is 6.26 Å². The molecule has 0 aromatic rings. The minimum Gasteiger partial charge on any atom is -0.479 e. The summed E-state index contributed by atoms with van der Waals surface area (Å²) >= 11 is 1.57. The van der Waals surface area contributed by atoms with E-state index in [9.17, 15) is 9.59 Å². The average molecular weight is 236 g/mol. The number of amides is 1. The van der Waals surface area contributed by atoms with Gasteiger partial charge in [0.25, 0.3) is 0 Å². The van der Waals surface area contributed by atoms with Crippen LogP contribution in [0.3, 0.4) is 0 Å². The average Bonchev–Trinajstić information content (AvgIpc) is 2.21. The molecule has 0 aliphatic carbocycles. The van der Waals surface area contributed by atoms with Gasteiger partial charge in [-0.15, -0.1) is 0 Å². The highest BCUT2D eigenvalue weighted by atomic mass is 32.2. The van der Waals surface area contributed by atoms with E-state index in [2.05, 4.69) is 5.32 Å². The summed E-state index contributed by atoms with van der Waals surface area (Å²) in [6.07, 6.45) is 0.844. The number of carbonyl (C=O) groups excluding carboxylic acids is 1. The van der Waals surface area contributed by atoms with Crippen molar-refractivity contribution in [1.29, 1.82) is 0 Å². The molecule has 0 saturated carbocycles. The van der Waals surface area contributed by atoms with Crippen molar-refractivity contribution in [2.24, 2.45) is 5.73 Å². The minimum atomic E-state index is -1.58. The number of thioether (sulfide) groups is 1. The summed E-state index contributed by atoms with van der Waals surface area (Å²) in [5.41, 5.74) is 5.51. The smallest absolute Gasteiger partial charge is 0.334 e. The van der Waals surface area contributed by atoms with Gasteiger partial charge in [0.05, 0.1) is 12.6 Å². The molecule has 0 aliphatic rings. The summed E-state index contributed by atoms with van der Waals surface area (Å²) in [6, 6.07) is -0.654. The van der Waals surface area contributed by atoms with E-state index in [4.69, 9.17) is 15.9 Å². The first-order valence-electron chi connectivity index (χ1n) is 4.42. The van der Waals surface area contributed by atoms with Crippen LogP contribution in [-0.2, 0) is 9.59 Å². The van der Waals surface area contributed by atoms with Gasteiger partial charge in [-0.2, -0.15) is 11.8 Å². The maximum absolute atomic E-state index is 11.2. The largest absolute Gasteiger partial charge is 0.479 e. The maximum Gasteiger partial charge on any atom is 0.334 e. The fourth-order valence-corrected chi connectivity index (χ4v) is 1.28. The number of aliphatic carboxylic acids is 1. The molecular formula is C8H16N2O4S. The van der Waals surface area contributed by atoms with Crippen molar-refractivity contribution in [2.45, 2.75) is 18.6 Å². The predicted octanol–water partition coefficient (Wildman–Crippen LogP) is -1.37. The molecule has 0 rings (SSSR count). The van der Waals surface area contributed by atoms with Crippen molar-refractivity contribution >= 4 is 23.6 Å². The highest BCUT2D eigenvalue weighted by Crippen LogP contribution is 1.98. The van der Waals surface area contributed by atoms with Crippen molar-refractivity contribution in [3.05, 3.63) is 0 Å². The summed E-state index contributed by atoms with van der Waals surface area (Å²) in [6.45, 7) is -0.318. The van der Waals surface area contributed by atoms with Crippen LogP contribution in [0.15, 0.2) is 0 Å². The maximum atomic E-state index is 11.2. The van der Waals surface area contributed by atoms with Gasteiger partial charge < -0.3 is 21.3 Å². The summed E-state index contributed by atoms with van der Waals surface area (Å²) in [5, 5.41) is 19.5. The van der Waals surface area contributed by atoms with Crippen molar-refractivity contribution < 1.29 is 19.8 Å². The SMILES string of the molecule is CSCC[C@@H](N)C(=O)NC[C@H](O)C(=O)O. The Morgan fingerprint density at radius 2 is 2.13 bits per heavy atom. The molecule has 15 heavy (non-hydrogen) atoms. The summed E-state index contributed by atoms with van der Waals surface area (Å²) in [5.74, 6) is -1.05. The van der Waals surface area contributed by atoms with Gasteiger partial charge in [0.1, 0.15) is 0 Å². The second-order valence-corrected chi connectivity index (χ2v) is 3.97. The zero-order valence-corrected chi connectivity index (χ0v) is 9.29. The quantitative estimate of drug-likeness (QED) is 0.434. The summed E-state index contributed by atoms with van der Waals surface area (Å²) < 4.78 is 0. The lowest BCUT2D eigenvalue weighted by Crippen LogP contribution is -2.45. The molecule has 0 aromatic carbocycles. The van der Waals surface area contributed by atoms with Crippen LogP contribution in [0.25, 0.3) is 0 Å². The van der Waals surface area contributed by atoms with Crippen LogP contribution in [0.5, 0.6) is 0 Å². The highest BCUT2D eigenvalue weighted by molar-refractivity contribution is 7.98. The molecule has 0 unspecified atom stereocenters. The van der Waals surface area contributed by atoms with E-state index >= 15 is 0 Å². The zero-order chi connectivity index (χ0) is 11.8. The van der Waals surface area contributed by atoms with E-state index in [-0.39, 0.29) is 6.54 Å². The minimum absolute atomic E-state index is 0.318. The third-order valence-electron chi connectivity index (χ3n) is 1.72. The Morgan fingerprint density at radius 1 is 1.53 bits per heavy atom. The van der Waals surface area contributed by atoms with Crippen molar-refractivity contribution in [3.8, 4) is 0 Å². The molecule has 0 heterocycles. The van der Waals surface area contributed by atoms with E-state index in [1.54, 1.807) is 11.8 Å². The molecule has 2 atom stereocenters. The fraction of sp³-hybridized carbons (Fsp3) is 0.750. The molecular weight excluding hydrogens is 220 g/mol. The van der Waals surface area contributed by atoms with Crippen LogP contribution < -0.4 is 11.1 Å². The molecule has 0 aliphatic heterocycles. The molecule has 88 valence electrons. The Balaban J connectivity index is 3.77. The highest BCUT2D eigenvalue weighted by Gasteiger charge is 2.17. The van der Waals surface area contributed by atoms with Gasteiger partial charge >= 0.3 is 5.97 Å². The number of rotatable bonds is 7. The first-order valence-corrected chi connectivity index (χ1v) is 5.81. The van der Waals surface area contributed by atoms with Gasteiger partial charge in [0.15, 0.2) is 6.10 Å². The lowest BCUT2D eigenvalue weighted by Gasteiger charge is -2.12. The topological polar surface area (TPSA) is 113 Å². The van der Waals surface area contributed by atoms with Gasteiger partial charge in [-0.05, 0) is 18.4 Å². The van der Waals surface area contributed by atoms with Crippen molar-refractivity contribution in [1.82, 2.24) is 5.32 Å². The Labute approximate surface area is 92.2 Å². The van der Waals surface area contributed by atoms with E-state index in [1.165, 1.54) is 0 Å². The molecule has 0 saturated heterocycles. The normalized spacial score (nSPS) is 14.3. The Bertz CT molecular complexity index is 225. The van der Waals surface area contributed by atoms with Crippen LogP contribution in [0, 0.1) is 0 Å². The van der Waals surface area contributed by atoms with Crippen LogP contribution >= 0.6 is 11.8 Å². The van der Waals surface area contributed by atoms with Gasteiger partial charge in [0, 0.05) is 0 Å². The Kier molecular flexibility index (Phi) is 7.10. The molecule has 0 fully saturated rings. The lowest BCUT2D eigenvalue weighted by atomic mass is 10.2. The number of hydrogen-bond donors (Lipinski definition) is 4. The number of nitrogens with one attached hydrogen (secondary N) is 1. The summed E-state index contributed by atoms with van der Waals surface area (Å²) in [7, 11) is 0. The fourth-order valence-electron chi connectivity index (χ4n) is 0.792. The van der Waals surface area contributed by atoms with Gasteiger partial charge in [-0.25, -0.2) is 4.79 Å². The number of carbonyl (C=O) groups is 2. The number of carboxylic acid groups (broad SMARTS) is 1. The van der Waals surface area contributed by atoms with Crippen LogP contribution in [-0.4, -0.2) is 52.8 Å². The molecule has 5 N–H and O–H groups in total. The molecule has 0 bridgehead atoms. The second kappa shape index (κ2) is 7.49. The third-order valence-corrected chi connectivity index (χ3v) is 2.37. The summed E-state index contributed by atoms with van der Waals surface area (Å²) in [4.78, 5) is 21.4. The Hall–Kier alpha value is -0.790. The van der Waals surface area contributed by atoms with E-state index in [0.717, 1.165) is 5.75 Å². The number of nitrogens with two attached hydrogens (primary N) is 1. The van der Waals surface area contributed by atoms with Gasteiger partial charge in [0.2, 0.25) is 5.91 Å². The monoisotopic (exact) mass is 236 g/mol. The van der Waals surface area contributed by atoms with Crippen LogP contribution in [0.2, 0.25) is 0 Å². The number of hydrogen-bond acceptors (Lipinski definition) is 5. The van der Waals surface area contributed by atoms with Crippen molar-refractivity contribution in [3.63, 3.8) is 0 Å². The molecule has 1 amide bonds. The van der Waals surface area contributed by atoms with Crippen molar-refractivity contribution in [2.75, 3.05) is 18.6 Å². The molecule has 6 nitrogen and oxygen atoms in total. The molecule has 7 heteroatoms. The standard InChI is InChI=1S/C8H16N2O4S/c1-15-3-2-5(9)7(12)10-4-6(11)8(13)14/h5-6,11H,2-4,9H2,1H3,(H,10,12)(H,13,14)/t5-,6+/m1/s1. The number of aliphatic hydroxyl groups is 1. The van der Waals surface area contributed by atoms with E-state index in [0.29, 0.717) is 6.42 Å². The molecule has 0 aromatic heterocycles. The predicted molar refractivity (Wildman–Crippen MR) is 57.6 cm³/mol. The first kappa shape index (κ1) is 14.2. The first-order chi connectivity index (χ1) is 6.99. The van der Waals surface area contributed by atoms with Gasteiger partial charge in [-0.1, -0.05) is 0 Å². The molecule has 0 spiro atoms. The van der Waals surface area contributed by atoms with Crippen LogP contribution in [0.4, 0.5) is 0 Å².